The zero-order chi connectivity index (χ0) is 10.8. The van der Waals surface area contributed by atoms with E-state index >= 15 is 0 Å². The third-order valence-corrected chi connectivity index (χ3v) is 3.83. The van der Waals surface area contributed by atoms with Gasteiger partial charge in [-0.1, -0.05) is 6.07 Å². The highest BCUT2D eigenvalue weighted by Crippen LogP contribution is 2.21. The zero-order valence-corrected chi connectivity index (χ0v) is 10.1. The van der Waals surface area contributed by atoms with Crippen LogP contribution in [0.5, 0.6) is 0 Å². The van der Waals surface area contributed by atoms with E-state index in [1.54, 1.807) is 23.1 Å². The van der Waals surface area contributed by atoms with Gasteiger partial charge in [0.1, 0.15) is 5.04 Å². The Bertz CT molecular complexity index is 520. The summed E-state index contributed by atoms with van der Waals surface area (Å²) in [5.41, 5.74) is 4.66. The lowest BCUT2D eigenvalue weighted by atomic mass is 10.2. The SMILES string of the molecule is c1cc(C2=NCCS2)nc(-c2cscn2)c1. The van der Waals surface area contributed by atoms with E-state index in [0.717, 1.165) is 34.4 Å². The molecule has 2 aromatic heterocycles. The number of aliphatic imine (C=N–C) groups is 1. The van der Waals surface area contributed by atoms with Crippen LogP contribution in [0.25, 0.3) is 11.4 Å². The minimum absolute atomic E-state index is 0.905. The molecule has 16 heavy (non-hydrogen) atoms. The largest absolute Gasteiger partial charge is 0.275 e. The van der Waals surface area contributed by atoms with Crippen molar-refractivity contribution in [1.29, 1.82) is 0 Å². The quantitative estimate of drug-likeness (QED) is 0.819. The molecule has 0 fully saturated rings. The average molecular weight is 247 g/mol. The van der Waals surface area contributed by atoms with Crippen molar-refractivity contribution in [2.75, 3.05) is 12.3 Å². The number of thioether (sulfide) groups is 1. The summed E-state index contributed by atoms with van der Waals surface area (Å²) >= 11 is 3.36. The molecular formula is C11H9N3S2. The lowest BCUT2D eigenvalue weighted by Crippen LogP contribution is -1.97. The van der Waals surface area contributed by atoms with E-state index in [-0.39, 0.29) is 0 Å². The van der Waals surface area contributed by atoms with Gasteiger partial charge in [0.05, 0.1) is 22.6 Å². The van der Waals surface area contributed by atoms with Gasteiger partial charge in [0.15, 0.2) is 0 Å². The van der Waals surface area contributed by atoms with E-state index in [2.05, 4.69) is 15.0 Å². The fourth-order valence-corrected chi connectivity index (χ4v) is 2.89. The predicted molar refractivity (Wildman–Crippen MR) is 69.2 cm³/mol. The van der Waals surface area contributed by atoms with Gasteiger partial charge in [-0.3, -0.25) is 4.99 Å². The molecule has 0 aliphatic carbocycles. The van der Waals surface area contributed by atoms with E-state index in [1.807, 2.05) is 29.1 Å². The smallest absolute Gasteiger partial charge is 0.116 e. The van der Waals surface area contributed by atoms with Crippen molar-refractivity contribution in [3.8, 4) is 11.4 Å². The molecule has 0 aromatic carbocycles. The van der Waals surface area contributed by atoms with Crippen LogP contribution in [0.1, 0.15) is 5.69 Å². The molecule has 0 bridgehead atoms. The summed E-state index contributed by atoms with van der Waals surface area (Å²) in [7, 11) is 0. The molecule has 2 aromatic rings. The molecular weight excluding hydrogens is 238 g/mol. The molecule has 0 amide bonds. The molecule has 0 atom stereocenters. The van der Waals surface area contributed by atoms with Gasteiger partial charge >= 0.3 is 0 Å². The number of aromatic nitrogens is 2. The molecule has 5 heteroatoms. The van der Waals surface area contributed by atoms with Crippen molar-refractivity contribution >= 4 is 28.1 Å². The maximum atomic E-state index is 4.59. The van der Waals surface area contributed by atoms with Crippen LogP contribution in [0.4, 0.5) is 0 Å². The molecule has 0 N–H and O–H groups in total. The Morgan fingerprint density at radius 3 is 2.81 bits per heavy atom. The Hall–Kier alpha value is -1.20. The fourth-order valence-electron chi connectivity index (χ4n) is 1.53. The van der Waals surface area contributed by atoms with E-state index < -0.39 is 0 Å². The van der Waals surface area contributed by atoms with Crippen LogP contribution in [-0.2, 0) is 0 Å². The number of pyridine rings is 1. The Kier molecular flexibility index (Phi) is 2.71. The average Bonchev–Trinajstić information content (AvgIpc) is 3.03. The van der Waals surface area contributed by atoms with Crippen molar-refractivity contribution in [3.63, 3.8) is 0 Å². The van der Waals surface area contributed by atoms with Crippen molar-refractivity contribution in [3.05, 3.63) is 34.8 Å². The van der Waals surface area contributed by atoms with Crippen LogP contribution in [0.2, 0.25) is 0 Å². The van der Waals surface area contributed by atoms with Crippen LogP contribution < -0.4 is 0 Å². The standard InChI is InChI=1S/C11H9N3S2/c1-2-8(10-6-15-7-13-10)14-9(3-1)11-12-4-5-16-11/h1-3,6-7H,4-5H2. The molecule has 0 saturated carbocycles. The number of rotatable bonds is 2. The molecule has 3 rings (SSSR count). The molecule has 0 spiro atoms. The van der Waals surface area contributed by atoms with Crippen molar-refractivity contribution in [2.45, 2.75) is 0 Å². The first-order chi connectivity index (χ1) is 7.93. The minimum atomic E-state index is 0.905. The van der Waals surface area contributed by atoms with Gasteiger partial charge in [0, 0.05) is 17.7 Å². The predicted octanol–water partition coefficient (Wildman–Crippen LogP) is 2.70. The van der Waals surface area contributed by atoms with Crippen LogP contribution in [-0.4, -0.2) is 27.3 Å². The Morgan fingerprint density at radius 2 is 2.06 bits per heavy atom. The maximum absolute atomic E-state index is 4.59. The van der Waals surface area contributed by atoms with Gasteiger partial charge in [-0.2, -0.15) is 0 Å². The summed E-state index contributed by atoms with van der Waals surface area (Å²) in [5, 5.41) is 3.06. The van der Waals surface area contributed by atoms with Gasteiger partial charge in [0.2, 0.25) is 0 Å². The number of nitrogens with zero attached hydrogens (tertiary/aromatic N) is 3. The van der Waals surface area contributed by atoms with E-state index in [1.165, 1.54) is 0 Å². The second kappa shape index (κ2) is 4.35. The molecule has 3 heterocycles. The Labute approximate surface area is 102 Å². The zero-order valence-electron chi connectivity index (χ0n) is 8.46. The minimum Gasteiger partial charge on any atom is -0.275 e. The highest BCUT2D eigenvalue weighted by Gasteiger charge is 2.12. The summed E-state index contributed by atoms with van der Waals surface area (Å²) in [6.07, 6.45) is 0. The molecule has 0 unspecified atom stereocenters. The van der Waals surface area contributed by atoms with E-state index in [0.29, 0.717) is 0 Å². The molecule has 3 nitrogen and oxygen atoms in total. The topological polar surface area (TPSA) is 38.1 Å². The monoisotopic (exact) mass is 247 g/mol. The Balaban J connectivity index is 2.00. The second-order valence-electron chi connectivity index (χ2n) is 3.32. The molecule has 0 saturated heterocycles. The van der Waals surface area contributed by atoms with E-state index in [9.17, 15) is 0 Å². The lowest BCUT2D eigenvalue weighted by Gasteiger charge is -2.01. The highest BCUT2D eigenvalue weighted by molar-refractivity contribution is 8.14. The highest BCUT2D eigenvalue weighted by atomic mass is 32.2. The molecule has 1 aliphatic heterocycles. The van der Waals surface area contributed by atoms with Crippen molar-refractivity contribution in [1.82, 2.24) is 9.97 Å². The van der Waals surface area contributed by atoms with E-state index in [4.69, 9.17) is 0 Å². The van der Waals surface area contributed by atoms with Crippen LogP contribution in [0.15, 0.2) is 34.1 Å². The van der Waals surface area contributed by atoms with Gasteiger partial charge < -0.3 is 0 Å². The molecule has 0 radical (unpaired) electrons. The van der Waals surface area contributed by atoms with Crippen LogP contribution in [0.3, 0.4) is 0 Å². The maximum Gasteiger partial charge on any atom is 0.116 e. The molecule has 1 aliphatic rings. The Morgan fingerprint density at radius 1 is 1.12 bits per heavy atom. The third kappa shape index (κ3) is 1.88. The van der Waals surface area contributed by atoms with Crippen LogP contribution >= 0.6 is 23.1 Å². The van der Waals surface area contributed by atoms with Gasteiger partial charge in [-0.15, -0.1) is 23.1 Å². The van der Waals surface area contributed by atoms with Gasteiger partial charge in [-0.05, 0) is 12.1 Å². The molecule has 80 valence electrons. The first-order valence-electron chi connectivity index (χ1n) is 4.97. The van der Waals surface area contributed by atoms with Crippen molar-refractivity contribution < 1.29 is 0 Å². The number of hydrogen-bond acceptors (Lipinski definition) is 5. The number of hydrogen-bond donors (Lipinski definition) is 0. The summed E-state index contributed by atoms with van der Waals surface area (Å²) in [5.74, 6) is 1.07. The summed E-state index contributed by atoms with van der Waals surface area (Å²) in [6.45, 7) is 0.905. The summed E-state index contributed by atoms with van der Waals surface area (Å²) in [6, 6.07) is 6.00. The summed E-state index contributed by atoms with van der Waals surface area (Å²) in [4.78, 5) is 13.3. The lowest BCUT2D eigenvalue weighted by molar-refractivity contribution is 1.17. The van der Waals surface area contributed by atoms with Gasteiger partial charge in [0.25, 0.3) is 0 Å². The normalized spacial score (nSPS) is 15.1. The summed E-state index contributed by atoms with van der Waals surface area (Å²) < 4.78 is 0. The fraction of sp³-hybridized carbons (Fsp3) is 0.182. The van der Waals surface area contributed by atoms with Crippen LogP contribution in [0, 0.1) is 0 Å². The first kappa shape index (κ1) is 9.99. The first-order valence-corrected chi connectivity index (χ1v) is 6.89. The third-order valence-electron chi connectivity index (χ3n) is 2.25. The van der Waals surface area contributed by atoms with Crippen molar-refractivity contribution in [2.24, 2.45) is 4.99 Å². The number of thiazole rings is 1. The second-order valence-corrected chi connectivity index (χ2v) is 5.12. The van der Waals surface area contributed by atoms with Gasteiger partial charge in [-0.25, -0.2) is 9.97 Å².